The topological polar surface area (TPSA) is 52.0 Å². The Hall–Kier alpha value is -2.66. The Balaban J connectivity index is 1.48. The van der Waals surface area contributed by atoms with Crippen LogP contribution in [0.1, 0.15) is 49.0 Å². The quantitative estimate of drug-likeness (QED) is 0.731. The van der Waals surface area contributed by atoms with Crippen molar-refractivity contribution in [3.8, 4) is 11.4 Å². The summed E-state index contributed by atoms with van der Waals surface area (Å²) in [6, 6.07) is 15.6. The molecule has 3 aromatic rings. The highest BCUT2D eigenvalue weighted by Crippen LogP contribution is 2.30. The van der Waals surface area contributed by atoms with Crippen molar-refractivity contribution >= 4 is 0 Å². The first-order valence-electron chi connectivity index (χ1n) is 9.21. The monoisotopic (exact) mass is 348 g/mol. The first kappa shape index (κ1) is 16.8. The fraction of sp³-hybridized carbons (Fsp3) is 0.333. The second kappa shape index (κ2) is 7.30. The Morgan fingerprint density at radius 1 is 1.15 bits per heavy atom. The molecular weight excluding hydrogens is 324 g/mol. The normalized spacial score (nSPS) is 15.3. The summed E-state index contributed by atoms with van der Waals surface area (Å²) in [4.78, 5) is 4.00. The highest BCUT2D eigenvalue weighted by molar-refractivity contribution is 5.41. The summed E-state index contributed by atoms with van der Waals surface area (Å²) in [6.45, 7) is 5.24. The molecular formula is C21H24N4O. The van der Waals surface area contributed by atoms with Crippen LogP contribution in [0.5, 0.6) is 5.75 Å². The standard InChI is InChI=1S/C21H24N4O/c1-3-20(17-6-9-21-18(12-17)10-11-26-21)24-15(2)16-4-7-19(8-5-16)25-14-22-13-23-25/h4-9,12-15,20,24H,3,10-11H2,1-2H3/t15-,20+/m1/s1. The largest absolute Gasteiger partial charge is 0.493 e. The molecule has 0 saturated carbocycles. The molecule has 0 aliphatic carbocycles. The van der Waals surface area contributed by atoms with Gasteiger partial charge >= 0.3 is 0 Å². The Kier molecular flexibility index (Phi) is 4.71. The lowest BCUT2D eigenvalue weighted by atomic mass is 9.98. The fourth-order valence-electron chi connectivity index (χ4n) is 3.53. The SMILES string of the molecule is CC[C@H](N[C@H](C)c1ccc(-n2cncn2)cc1)c1ccc2c(c1)CCO2. The number of nitrogens with one attached hydrogen (secondary N) is 1. The molecule has 0 fully saturated rings. The van der Waals surface area contributed by atoms with Crippen molar-refractivity contribution in [2.24, 2.45) is 0 Å². The van der Waals surface area contributed by atoms with E-state index < -0.39 is 0 Å². The Bertz CT molecular complexity index is 858. The Morgan fingerprint density at radius 3 is 2.69 bits per heavy atom. The second-order valence-corrected chi connectivity index (χ2v) is 6.75. The molecule has 0 saturated heterocycles. The zero-order valence-corrected chi connectivity index (χ0v) is 15.2. The molecule has 5 nitrogen and oxygen atoms in total. The van der Waals surface area contributed by atoms with E-state index in [0.717, 1.165) is 30.9 Å². The summed E-state index contributed by atoms with van der Waals surface area (Å²) in [5.74, 6) is 1.04. The predicted octanol–water partition coefficient (Wildman–Crippen LogP) is 4.00. The predicted molar refractivity (Wildman–Crippen MR) is 102 cm³/mol. The molecule has 1 N–H and O–H groups in total. The summed E-state index contributed by atoms with van der Waals surface area (Å²) in [5, 5.41) is 7.94. The van der Waals surface area contributed by atoms with Crippen molar-refractivity contribution in [2.75, 3.05) is 6.61 Å². The summed E-state index contributed by atoms with van der Waals surface area (Å²) in [6.07, 6.45) is 5.31. The van der Waals surface area contributed by atoms with Gasteiger partial charge in [0.25, 0.3) is 0 Å². The van der Waals surface area contributed by atoms with Crippen LogP contribution in [0.4, 0.5) is 0 Å². The van der Waals surface area contributed by atoms with Crippen LogP contribution in [0.15, 0.2) is 55.1 Å². The van der Waals surface area contributed by atoms with Crippen LogP contribution in [0.3, 0.4) is 0 Å². The molecule has 26 heavy (non-hydrogen) atoms. The number of hydrogen-bond donors (Lipinski definition) is 1. The fourth-order valence-corrected chi connectivity index (χ4v) is 3.53. The van der Waals surface area contributed by atoms with Gasteiger partial charge in [0.1, 0.15) is 18.4 Å². The summed E-state index contributed by atoms with van der Waals surface area (Å²) >= 11 is 0. The number of aromatic nitrogens is 3. The zero-order chi connectivity index (χ0) is 17.9. The van der Waals surface area contributed by atoms with Crippen LogP contribution in [0.2, 0.25) is 0 Å². The Morgan fingerprint density at radius 2 is 1.96 bits per heavy atom. The van der Waals surface area contributed by atoms with Crippen LogP contribution < -0.4 is 10.1 Å². The van der Waals surface area contributed by atoms with E-state index in [-0.39, 0.29) is 6.04 Å². The summed E-state index contributed by atoms with van der Waals surface area (Å²) in [7, 11) is 0. The van der Waals surface area contributed by atoms with Crippen molar-refractivity contribution in [1.29, 1.82) is 0 Å². The van der Waals surface area contributed by atoms with Gasteiger partial charge in [0.15, 0.2) is 0 Å². The highest BCUT2D eigenvalue weighted by atomic mass is 16.5. The van der Waals surface area contributed by atoms with Gasteiger partial charge in [0.05, 0.1) is 12.3 Å². The van der Waals surface area contributed by atoms with Crippen LogP contribution in [0.25, 0.3) is 5.69 Å². The van der Waals surface area contributed by atoms with E-state index in [9.17, 15) is 0 Å². The lowest BCUT2D eigenvalue weighted by Crippen LogP contribution is -2.24. The second-order valence-electron chi connectivity index (χ2n) is 6.75. The van der Waals surface area contributed by atoms with Crippen molar-refractivity contribution in [1.82, 2.24) is 20.1 Å². The van der Waals surface area contributed by atoms with E-state index in [1.807, 2.05) is 0 Å². The van der Waals surface area contributed by atoms with E-state index >= 15 is 0 Å². The van der Waals surface area contributed by atoms with Crippen LogP contribution in [-0.2, 0) is 6.42 Å². The van der Waals surface area contributed by atoms with E-state index in [4.69, 9.17) is 4.74 Å². The molecule has 134 valence electrons. The van der Waals surface area contributed by atoms with Gasteiger partial charge < -0.3 is 10.1 Å². The van der Waals surface area contributed by atoms with Gasteiger partial charge in [-0.25, -0.2) is 9.67 Å². The minimum atomic E-state index is 0.259. The number of ether oxygens (including phenoxy) is 1. The first-order chi connectivity index (χ1) is 12.7. The minimum absolute atomic E-state index is 0.259. The molecule has 0 amide bonds. The first-order valence-corrected chi connectivity index (χ1v) is 9.21. The van der Waals surface area contributed by atoms with Gasteiger partial charge in [-0.15, -0.1) is 0 Å². The summed E-state index contributed by atoms with van der Waals surface area (Å²) < 4.78 is 7.39. The maximum Gasteiger partial charge on any atom is 0.138 e. The average Bonchev–Trinajstić information content (AvgIpc) is 3.37. The van der Waals surface area contributed by atoms with Gasteiger partial charge in [-0.2, -0.15) is 5.10 Å². The molecule has 2 heterocycles. The molecule has 0 spiro atoms. The number of rotatable bonds is 6. The zero-order valence-electron chi connectivity index (χ0n) is 15.2. The van der Waals surface area contributed by atoms with E-state index in [1.54, 1.807) is 17.3 Å². The van der Waals surface area contributed by atoms with Crippen molar-refractivity contribution in [3.63, 3.8) is 0 Å². The highest BCUT2D eigenvalue weighted by Gasteiger charge is 2.18. The minimum Gasteiger partial charge on any atom is -0.493 e. The van der Waals surface area contributed by atoms with Gasteiger partial charge in [-0.05, 0) is 48.2 Å². The Labute approximate surface area is 154 Å². The molecule has 2 atom stereocenters. The average molecular weight is 348 g/mol. The van der Waals surface area contributed by atoms with Crippen molar-refractivity contribution in [2.45, 2.75) is 38.8 Å². The molecule has 0 radical (unpaired) electrons. The number of benzene rings is 2. The van der Waals surface area contributed by atoms with Gasteiger partial charge in [0.2, 0.25) is 0 Å². The number of nitrogens with zero attached hydrogens (tertiary/aromatic N) is 3. The molecule has 2 aromatic carbocycles. The number of fused-ring (bicyclic) bond motifs is 1. The van der Waals surface area contributed by atoms with E-state index in [2.05, 4.69) is 71.7 Å². The van der Waals surface area contributed by atoms with Crippen LogP contribution >= 0.6 is 0 Å². The third-order valence-corrected chi connectivity index (χ3v) is 5.05. The molecule has 1 aromatic heterocycles. The van der Waals surface area contributed by atoms with Crippen molar-refractivity contribution < 1.29 is 4.74 Å². The molecule has 0 unspecified atom stereocenters. The maximum absolute atomic E-state index is 5.63. The molecule has 1 aliphatic rings. The van der Waals surface area contributed by atoms with E-state index in [1.165, 1.54) is 16.7 Å². The van der Waals surface area contributed by atoms with Crippen LogP contribution in [-0.4, -0.2) is 21.4 Å². The van der Waals surface area contributed by atoms with Gasteiger partial charge in [0, 0.05) is 18.5 Å². The molecule has 1 aliphatic heterocycles. The third kappa shape index (κ3) is 3.35. The molecule has 4 rings (SSSR count). The number of hydrogen-bond acceptors (Lipinski definition) is 4. The van der Waals surface area contributed by atoms with Crippen molar-refractivity contribution in [3.05, 3.63) is 71.8 Å². The maximum atomic E-state index is 5.63. The molecule has 0 bridgehead atoms. The van der Waals surface area contributed by atoms with Gasteiger partial charge in [-0.1, -0.05) is 31.2 Å². The third-order valence-electron chi connectivity index (χ3n) is 5.05. The molecule has 5 heteroatoms. The smallest absolute Gasteiger partial charge is 0.138 e. The lowest BCUT2D eigenvalue weighted by Gasteiger charge is -2.23. The van der Waals surface area contributed by atoms with Gasteiger partial charge in [-0.3, -0.25) is 0 Å². The van der Waals surface area contributed by atoms with E-state index in [0.29, 0.717) is 6.04 Å². The lowest BCUT2D eigenvalue weighted by molar-refractivity contribution is 0.356. The summed E-state index contributed by atoms with van der Waals surface area (Å²) in [5.41, 5.74) is 4.94. The van der Waals surface area contributed by atoms with Crippen LogP contribution in [0, 0.1) is 0 Å².